The molecule has 8 nitrogen and oxygen atoms in total. The molecule has 0 atom stereocenters. The molecule has 2 rings (SSSR count). The van der Waals surface area contributed by atoms with E-state index in [0.29, 0.717) is 41.9 Å². The topological polar surface area (TPSA) is 98.6 Å². The van der Waals surface area contributed by atoms with Crippen molar-refractivity contribution >= 4 is 21.7 Å². The Bertz CT molecular complexity index is 1080. The van der Waals surface area contributed by atoms with Crippen LogP contribution in [0.3, 0.4) is 0 Å². The van der Waals surface area contributed by atoms with Gasteiger partial charge in [-0.2, -0.15) is 5.10 Å². The summed E-state index contributed by atoms with van der Waals surface area (Å²) in [5.74, 6) is -0.290. The van der Waals surface area contributed by atoms with Crippen LogP contribution in [0.4, 0.5) is 4.79 Å². The molecule has 0 N–H and O–H groups in total. The first kappa shape index (κ1) is 23.6. The van der Waals surface area contributed by atoms with Gasteiger partial charge in [0.25, 0.3) is 0 Å². The monoisotopic (exact) mass is 435 g/mol. The quantitative estimate of drug-likeness (QED) is 0.619. The Morgan fingerprint density at radius 1 is 1.07 bits per heavy atom. The van der Waals surface area contributed by atoms with Gasteiger partial charge in [0.1, 0.15) is 5.56 Å². The molecule has 0 bridgehead atoms. The average Bonchev–Trinajstić information content (AvgIpc) is 3.06. The number of aromatic nitrogens is 2. The Hall–Kier alpha value is -2.68. The third-order valence-corrected chi connectivity index (χ3v) is 6.55. The zero-order valence-corrected chi connectivity index (χ0v) is 19.4. The lowest BCUT2D eigenvalue weighted by Crippen LogP contribution is -2.34. The van der Waals surface area contributed by atoms with Gasteiger partial charge in [0.15, 0.2) is 15.6 Å². The van der Waals surface area contributed by atoms with E-state index in [0.717, 1.165) is 6.26 Å². The van der Waals surface area contributed by atoms with Crippen LogP contribution >= 0.6 is 0 Å². The van der Waals surface area contributed by atoms with Crippen molar-refractivity contribution in [3.05, 3.63) is 40.1 Å². The molecule has 0 aliphatic heterocycles. The number of rotatable bonds is 7. The Morgan fingerprint density at radius 2 is 1.67 bits per heavy atom. The van der Waals surface area contributed by atoms with Crippen molar-refractivity contribution < 1.29 is 22.7 Å². The van der Waals surface area contributed by atoms with Gasteiger partial charge in [-0.3, -0.25) is 4.79 Å². The Morgan fingerprint density at radius 3 is 2.17 bits per heavy atom. The molecule has 9 heteroatoms. The summed E-state index contributed by atoms with van der Waals surface area (Å²) >= 11 is 0. The van der Waals surface area contributed by atoms with E-state index in [1.165, 1.54) is 15.8 Å². The van der Waals surface area contributed by atoms with Crippen LogP contribution in [0.1, 0.15) is 53.4 Å². The zero-order valence-electron chi connectivity index (χ0n) is 18.6. The second-order valence-electron chi connectivity index (χ2n) is 7.14. The van der Waals surface area contributed by atoms with Crippen LogP contribution in [-0.4, -0.2) is 54.3 Å². The first-order valence-electron chi connectivity index (χ1n) is 9.85. The highest BCUT2D eigenvalue weighted by Crippen LogP contribution is 2.30. The number of sulfone groups is 1. The largest absolute Gasteiger partial charge is 0.416 e. The Labute approximate surface area is 177 Å². The van der Waals surface area contributed by atoms with E-state index < -0.39 is 15.9 Å². The summed E-state index contributed by atoms with van der Waals surface area (Å²) in [6.07, 6.45) is 1.98. The summed E-state index contributed by atoms with van der Waals surface area (Å²) in [5.41, 5.74) is 2.11. The van der Waals surface area contributed by atoms with Crippen molar-refractivity contribution in [3.8, 4) is 5.88 Å². The van der Waals surface area contributed by atoms with Crippen molar-refractivity contribution in [2.75, 3.05) is 19.3 Å². The van der Waals surface area contributed by atoms with E-state index in [1.807, 2.05) is 20.8 Å². The van der Waals surface area contributed by atoms with Crippen LogP contribution in [-0.2, 0) is 16.4 Å². The number of aryl methyl sites for hydroxylation is 2. The van der Waals surface area contributed by atoms with Crippen molar-refractivity contribution in [2.24, 2.45) is 0 Å². The van der Waals surface area contributed by atoms with Gasteiger partial charge in [-0.25, -0.2) is 17.9 Å². The highest BCUT2D eigenvalue weighted by Gasteiger charge is 2.27. The minimum Gasteiger partial charge on any atom is -0.391 e. The fraction of sp³-hybridized carbons (Fsp3) is 0.476. The standard InChI is InChI=1S/C21H29N3O5S/c1-8-23(9-2)21(26)29-20-17(12-22-24(20)10-3)18(25)16-11-13(4)19(30(7,27)28)15(6)14(16)5/h11-12H,8-10H2,1-7H3. The lowest BCUT2D eigenvalue weighted by Gasteiger charge is -2.19. The SMILES string of the molecule is CCN(CC)C(=O)Oc1c(C(=O)c2cc(C)c(S(C)(=O)=O)c(C)c2C)cnn1CC. The number of benzene rings is 1. The van der Waals surface area contributed by atoms with Gasteiger partial charge in [-0.15, -0.1) is 0 Å². The van der Waals surface area contributed by atoms with E-state index in [1.54, 1.807) is 26.8 Å². The third-order valence-electron chi connectivity index (χ3n) is 5.18. The number of ketones is 1. The molecule has 0 spiro atoms. The van der Waals surface area contributed by atoms with E-state index in [4.69, 9.17) is 4.74 Å². The third kappa shape index (κ3) is 4.40. The average molecular weight is 436 g/mol. The second-order valence-corrected chi connectivity index (χ2v) is 9.09. The van der Waals surface area contributed by atoms with Crippen LogP contribution in [0.15, 0.2) is 17.2 Å². The number of hydrogen-bond donors (Lipinski definition) is 0. The zero-order chi connectivity index (χ0) is 22.8. The van der Waals surface area contributed by atoms with E-state index >= 15 is 0 Å². The van der Waals surface area contributed by atoms with Crippen LogP contribution in [0.5, 0.6) is 5.88 Å². The maximum Gasteiger partial charge on any atom is 0.416 e. The fourth-order valence-corrected chi connectivity index (χ4v) is 4.85. The number of ether oxygens (including phenoxy) is 1. The summed E-state index contributed by atoms with van der Waals surface area (Å²) in [6.45, 7) is 11.9. The summed E-state index contributed by atoms with van der Waals surface area (Å²) in [5, 5.41) is 4.18. The molecule has 0 saturated carbocycles. The molecule has 0 unspecified atom stereocenters. The lowest BCUT2D eigenvalue weighted by molar-refractivity contribution is 0.103. The van der Waals surface area contributed by atoms with Crippen LogP contribution in [0.25, 0.3) is 0 Å². The van der Waals surface area contributed by atoms with Crippen molar-refractivity contribution in [1.82, 2.24) is 14.7 Å². The predicted molar refractivity (Wildman–Crippen MR) is 114 cm³/mol. The maximum absolute atomic E-state index is 13.4. The first-order valence-corrected chi connectivity index (χ1v) is 11.7. The fourth-order valence-electron chi connectivity index (χ4n) is 3.50. The van der Waals surface area contributed by atoms with Crippen LogP contribution in [0, 0.1) is 20.8 Å². The van der Waals surface area contributed by atoms with Crippen molar-refractivity contribution in [1.29, 1.82) is 0 Å². The number of carbonyl (C=O) groups is 2. The molecular formula is C21H29N3O5S. The summed E-state index contributed by atoms with van der Waals surface area (Å²) in [7, 11) is -3.44. The predicted octanol–water partition coefficient (Wildman–Crippen LogP) is 3.30. The Kier molecular flexibility index (Phi) is 7.07. The summed E-state index contributed by atoms with van der Waals surface area (Å²) in [6, 6.07) is 1.57. The molecule has 1 amide bonds. The van der Waals surface area contributed by atoms with E-state index in [2.05, 4.69) is 5.10 Å². The van der Waals surface area contributed by atoms with Gasteiger partial charge in [-0.05, 0) is 64.3 Å². The first-order chi connectivity index (χ1) is 14.0. The van der Waals surface area contributed by atoms with Gasteiger partial charge in [-0.1, -0.05) is 0 Å². The molecule has 0 fully saturated rings. The number of nitrogens with zero attached hydrogens (tertiary/aromatic N) is 3. The van der Waals surface area contributed by atoms with E-state index in [9.17, 15) is 18.0 Å². The van der Waals surface area contributed by atoms with E-state index in [-0.39, 0.29) is 22.1 Å². The lowest BCUT2D eigenvalue weighted by atomic mass is 9.95. The molecule has 0 radical (unpaired) electrons. The Balaban J connectivity index is 2.58. The molecule has 0 aliphatic rings. The number of carbonyl (C=O) groups excluding carboxylic acids is 2. The van der Waals surface area contributed by atoms with Gasteiger partial charge in [0.2, 0.25) is 5.88 Å². The minimum absolute atomic E-state index is 0.0845. The smallest absolute Gasteiger partial charge is 0.391 e. The normalized spacial score (nSPS) is 11.4. The molecule has 1 aromatic heterocycles. The summed E-state index contributed by atoms with van der Waals surface area (Å²) in [4.78, 5) is 27.6. The van der Waals surface area contributed by atoms with Crippen molar-refractivity contribution in [2.45, 2.75) is 53.0 Å². The summed E-state index contributed by atoms with van der Waals surface area (Å²) < 4.78 is 31.3. The van der Waals surface area contributed by atoms with Crippen LogP contribution < -0.4 is 4.74 Å². The molecular weight excluding hydrogens is 406 g/mol. The molecule has 2 aromatic rings. The highest BCUT2D eigenvalue weighted by atomic mass is 32.2. The molecule has 1 aromatic carbocycles. The maximum atomic E-state index is 13.4. The van der Waals surface area contributed by atoms with Gasteiger partial charge >= 0.3 is 6.09 Å². The van der Waals surface area contributed by atoms with Gasteiger partial charge < -0.3 is 9.64 Å². The van der Waals surface area contributed by atoms with Crippen molar-refractivity contribution in [3.63, 3.8) is 0 Å². The molecule has 1 heterocycles. The number of hydrogen-bond acceptors (Lipinski definition) is 6. The van der Waals surface area contributed by atoms with Crippen LogP contribution in [0.2, 0.25) is 0 Å². The molecule has 0 aliphatic carbocycles. The second kappa shape index (κ2) is 8.99. The van der Waals surface area contributed by atoms with Gasteiger partial charge in [0.05, 0.1) is 11.1 Å². The molecule has 164 valence electrons. The molecule has 30 heavy (non-hydrogen) atoms. The van der Waals surface area contributed by atoms with Gasteiger partial charge in [0, 0.05) is 31.5 Å². The number of amides is 1. The molecule has 0 saturated heterocycles. The minimum atomic E-state index is -3.44. The highest BCUT2D eigenvalue weighted by molar-refractivity contribution is 7.90.